The number of amidine groups is 1. The molecule has 1 aliphatic carbocycles. The van der Waals surface area contributed by atoms with Gasteiger partial charge in [0, 0.05) is 0 Å². The third-order valence-electron chi connectivity index (χ3n) is 2.56. The first-order valence-corrected chi connectivity index (χ1v) is 5.36. The highest BCUT2D eigenvalue weighted by molar-refractivity contribution is 5.81. The molecule has 2 rings (SSSR count). The number of benzene rings is 1. The van der Waals surface area contributed by atoms with Gasteiger partial charge in [0.1, 0.15) is 0 Å². The first-order chi connectivity index (χ1) is 7.25. The Morgan fingerprint density at radius 3 is 2.93 bits per heavy atom. The topological polar surface area (TPSA) is 38.4 Å². The Labute approximate surface area is 90.5 Å². The minimum atomic E-state index is 0.604. The summed E-state index contributed by atoms with van der Waals surface area (Å²) in [7, 11) is 0. The van der Waals surface area contributed by atoms with E-state index >= 15 is 0 Å². The van der Waals surface area contributed by atoms with Crippen molar-refractivity contribution in [2.45, 2.75) is 26.2 Å². The van der Waals surface area contributed by atoms with Crippen molar-refractivity contribution in [2.75, 3.05) is 0 Å². The summed E-state index contributed by atoms with van der Waals surface area (Å²) in [6.07, 6.45) is 5.99. The average molecular weight is 200 g/mol. The van der Waals surface area contributed by atoms with Gasteiger partial charge in [0.25, 0.3) is 0 Å². The molecule has 0 spiro atoms. The smallest absolute Gasteiger partial charge is 0.0964 e. The van der Waals surface area contributed by atoms with Crippen LogP contribution in [0.3, 0.4) is 0 Å². The summed E-state index contributed by atoms with van der Waals surface area (Å²) in [5, 5.41) is 0. The van der Waals surface area contributed by atoms with Crippen molar-refractivity contribution < 1.29 is 0 Å². The predicted octanol–water partition coefficient (Wildman–Crippen LogP) is 3.26. The van der Waals surface area contributed by atoms with Crippen LogP contribution in [-0.2, 0) is 0 Å². The Morgan fingerprint density at radius 2 is 2.27 bits per heavy atom. The van der Waals surface area contributed by atoms with Crippen LogP contribution < -0.4 is 5.73 Å². The normalized spacial score (nSPS) is 16.6. The number of hydrogen-bond acceptors (Lipinski definition) is 1. The highest BCUT2D eigenvalue weighted by Crippen LogP contribution is 2.29. The fraction of sp³-hybridized carbons (Fsp3) is 0.308. The van der Waals surface area contributed by atoms with Crippen molar-refractivity contribution in [2.24, 2.45) is 10.7 Å². The maximum Gasteiger partial charge on any atom is 0.0964 e. The molecule has 1 aromatic rings. The lowest BCUT2D eigenvalue weighted by Crippen LogP contribution is -2.03. The molecule has 0 saturated carbocycles. The second kappa shape index (κ2) is 4.30. The van der Waals surface area contributed by atoms with Gasteiger partial charge in [-0.3, -0.25) is 0 Å². The van der Waals surface area contributed by atoms with E-state index in [4.69, 9.17) is 5.73 Å². The molecule has 78 valence electrons. The highest BCUT2D eigenvalue weighted by Gasteiger charge is 2.06. The lowest BCUT2D eigenvalue weighted by molar-refractivity contribution is 0.935. The van der Waals surface area contributed by atoms with Crippen molar-refractivity contribution >= 4 is 17.1 Å². The quantitative estimate of drug-likeness (QED) is 0.577. The summed E-state index contributed by atoms with van der Waals surface area (Å²) in [6.45, 7) is 1.81. The van der Waals surface area contributed by atoms with Crippen molar-refractivity contribution in [1.82, 2.24) is 0 Å². The van der Waals surface area contributed by atoms with Crippen LogP contribution in [0.5, 0.6) is 0 Å². The summed E-state index contributed by atoms with van der Waals surface area (Å²) in [4.78, 5) is 4.26. The molecule has 0 fully saturated rings. The average Bonchev–Trinajstić information content (AvgIpc) is 2.69. The Morgan fingerprint density at radius 1 is 1.40 bits per heavy atom. The van der Waals surface area contributed by atoms with Crippen LogP contribution in [0.1, 0.15) is 31.7 Å². The fourth-order valence-electron chi connectivity index (χ4n) is 1.91. The first-order valence-electron chi connectivity index (χ1n) is 5.36. The molecular weight excluding hydrogens is 184 g/mol. The van der Waals surface area contributed by atoms with E-state index in [0.29, 0.717) is 5.84 Å². The summed E-state index contributed by atoms with van der Waals surface area (Å²) < 4.78 is 0. The van der Waals surface area contributed by atoms with E-state index in [0.717, 1.165) is 5.69 Å². The Balaban J connectivity index is 2.30. The van der Waals surface area contributed by atoms with Gasteiger partial charge in [-0.15, -0.1) is 0 Å². The van der Waals surface area contributed by atoms with Gasteiger partial charge in [0.05, 0.1) is 11.5 Å². The molecule has 1 aliphatic rings. The lowest BCUT2D eigenvalue weighted by atomic mass is 10.1. The molecule has 0 aliphatic heterocycles. The van der Waals surface area contributed by atoms with Crippen molar-refractivity contribution in [3.05, 3.63) is 35.9 Å². The second-order valence-electron chi connectivity index (χ2n) is 3.93. The number of nitrogens with two attached hydrogens (primary N) is 1. The fourth-order valence-corrected chi connectivity index (χ4v) is 1.91. The standard InChI is InChI=1S/C13H16N2/c1-10(14)15-13-8-4-7-12(9-13)11-5-2-3-6-11/h4-5,7-9H,2-3,6H2,1H3,(H2,14,15). The molecule has 15 heavy (non-hydrogen) atoms. The van der Waals surface area contributed by atoms with Crippen LogP contribution in [0.25, 0.3) is 5.57 Å². The second-order valence-corrected chi connectivity index (χ2v) is 3.93. The number of allylic oxidation sites excluding steroid dienone is 2. The molecule has 0 heterocycles. The largest absolute Gasteiger partial charge is 0.387 e. The van der Waals surface area contributed by atoms with Gasteiger partial charge in [-0.05, 0) is 49.5 Å². The summed E-state index contributed by atoms with van der Waals surface area (Å²) in [6, 6.07) is 8.27. The molecule has 2 N–H and O–H groups in total. The number of aliphatic imine (C=N–C) groups is 1. The molecule has 0 radical (unpaired) electrons. The zero-order valence-electron chi connectivity index (χ0n) is 9.03. The third-order valence-corrected chi connectivity index (χ3v) is 2.56. The van der Waals surface area contributed by atoms with Crippen LogP contribution in [-0.4, -0.2) is 5.84 Å². The van der Waals surface area contributed by atoms with E-state index < -0.39 is 0 Å². The van der Waals surface area contributed by atoms with E-state index in [2.05, 4.69) is 23.2 Å². The first kappa shape index (κ1) is 9.97. The van der Waals surface area contributed by atoms with Gasteiger partial charge < -0.3 is 5.73 Å². The maximum absolute atomic E-state index is 5.56. The lowest BCUT2D eigenvalue weighted by Gasteiger charge is -2.03. The van der Waals surface area contributed by atoms with Gasteiger partial charge >= 0.3 is 0 Å². The Hall–Kier alpha value is -1.57. The molecule has 0 atom stereocenters. The monoisotopic (exact) mass is 200 g/mol. The minimum Gasteiger partial charge on any atom is -0.387 e. The van der Waals surface area contributed by atoms with E-state index in [9.17, 15) is 0 Å². The molecule has 0 saturated heterocycles. The number of hydrogen-bond donors (Lipinski definition) is 1. The Bertz CT molecular complexity index is 412. The zero-order chi connectivity index (χ0) is 10.7. The van der Waals surface area contributed by atoms with E-state index in [1.807, 2.05) is 19.1 Å². The molecular formula is C13H16N2. The van der Waals surface area contributed by atoms with Crippen LogP contribution >= 0.6 is 0 Å². The molecule has 0 aromatic heterocycles. The zero-order valence-corrected chi connectivity index (χ0v) is 9.03. The summed E-state index contributed by atoms with van der Waals surface area (Å²) in [5.41, 5.74) is 9.24. The molecule has 2 heteroatoms. The number of nitrogens with zero attached hydrogens (tertiary/aromatic N) is 1. The molecule has 0 unspecified atom stereocenters. The van der Waals surface area contributed by atoms with Crippen molar-refractivity contribution in [3.63, 3.8) is 0 Å². The van der Waals surface area contributed by atoms with Crippen LogP contribution in [0, 0.1) is 0 Å². The van der Waals surface area contributed by atoms with Crippen LogP contribution in [0.4, 0.5) is 5.69 Å². The van der Waals surface area contributed by atoms with Crippen molar-refractivity contribution in [3.8, 4) is 0 Å². The predicted molar refractivity (Wildman–Crippen MR) is 65.2 cm³/mol. The van der Waals surface area contributed by atoms with Gasteiger partial charge in [0.15, 0.2) is 0 Å². The van der Waals surface area contributed by atoms with Gasteiger partial charge in [-0.25, -0.2) is 4.99 Å². The van der Waals surface area contributed by atoms with Crippen LogP contribution in [0.2, 0.25) is 0 Å². The van der Waals surface area contributed by atoms with Gasteiger partial charge in [0.2, 0.25) is 0 Å². The van der Waals surface area contributed by atoms with E-state index in [1.54, 1.807) is 0 Å². The molecule has 0 bridgehead atoms. The molecule has 1 aromatic carbocycles. The third kappa shape index (κ3) is 2.46. The molecule has 2 nitrogen and oxygen atoms in total. The SMILES string of the molecule is CC(N)=Nc1cccc(C2=CCCC2)c1. The van der Waals surface area contributed by atoms with Crippen molar-refractivity contribution in [1.29, 1.82) is 0 Å². The van der Waals surface area contributed by atoms with E-state index in [-0.39, 0.29) is 0 Å². The molecule has 0 amide bonds. The Kier molecular flexibility index (Phi) is 2.86. The van der Waals surface area contributed by atoms with Gasteiger partial charge in [-0.1, -0.05) is 18.2 Å². The van der Waals surface area contributed by atoms with Crippen LogP contribution in [0.15, 0.2) is 35.3 Å². The maximum atomic E-state index is 5.56. The number of rotatable bonds is 2. The van der Waals surface area contributed by atoms with Gasteiger partial charge in [-0.2, -0.15) is 0 Å². The van der Waals surface area contributed by atoms with E-state index in [1.165, 1.54) is 30.4 Å². The minimum absolute atomic E-state index is 0.604. The summed E-state index contributed by atoms with van der Waals surface area (Å²) in [5.74, 6) is 0.604. The summed E-state index contributed by atoms with van der Waals surface area (Å²) >= 11 is 0. The highest BCUT2D eigenvalue weighted by atomic mass is 14.8.